The van der Waals surface area contributed by atoms with Crippen LogP contribution in [0.1, 0.15) is 25.0 Å². The van der Waals surface area contributed by atoms with Crippen LogP contribution in [0.4, 0.5) is 0 Å². The summed E-state index contributed by atoms with van der Waals surface area (Å²) in [6.45, 7) is 4.75. The zero-order valence-electron chi connectivity index (χ0n) is 20.9. The maximum atomic E-state index is 3.85. The number of nitrogens with one attached hydrogen (secondary N) is 1. The van der Waals surface area contributed by atoms with Crippen molar-refractivity contribution in [3.8, 4) is 28.1 Å². The number of aromatic nitrogens is 2. The Hall–Kier alpha value is -4.56. The first-order valence-electron chi connectivity index (χ1n) is 13.0. The van der Waals surface area contributed by atoms with E-state index in [1.807, 2.05) is 0 Å². The lowest BCUT2D eigenvalue weighted by molar-refractivity contribution is 0.666. The molecule has 2 nitrogen and oxygen atoms in total. The van der Waals surface area contributed by atoms with Crippen LogP contribution < -0.4 is 0 Å². The Morgan fingerprint density at radius 3 is 2.19 bits per heavy atom. The molecule has 1 aliphatic rings. The number of H-pyrrole nitrogens is 1. The molecule has 0 spiro atoms. The van der Waals surface area contributed by atoms with Crippen molar-refractivity contribution in [2.45, 2.75) is 19.3 Å². The molecule has 0 aliphatic heterocycles. The summed E-state index contributed by atoms with van der Waals surface area (Å²) < 4.78 is 2.47. The van der Waals surface area contributed by atoms with Gasteiger partial charge in [0.25, 0.3) is 0 Å². The highest BCUT2D eigenvalue weighted by Crippen LogP contribution is 2.55. The third-order valence-corrected chi connectivity index (χ3v) is 8.31. The van der Waals surface area contributed by atoms with Crippen molar-refractivity contribution in [3.63, 3.8) is 0 Å². The maximum Gasteiger partial charge on any atom is 0.0585 e. The van der Waals surface area contributed by atoms with Crippen molar-refractivity contribution >= 4 is 32.7 Å². The smallest absolute Gasteiger partial charge is 0.0585 e. The summed E-state index contributed by atoms with van der Waals surface area (Å²) in [5, 5.41) is 3.88. The van der Waals surface area contributed by atoms with Gasteiger partial charge < -0.3 is 9.55 Å². The van der Waals surface area contributed by atoms with Crippen LogP contribution in [0.5, 0.6) is 0 Å². The van der Waals surface area contributed by atoms with Crippen molar-refractivity contribution < 1.29 is 0 Å². The molecule has 0 unspecified atom stereocenters. The number of benzene rings is 5. The van der Waals surface area contributed by atoms with Crippen LogP contribution in [0.15, 0.2) is 115 Å². The van der Waals surface area contributed by atoms with Crippen LogP contribution in [0.2, 0.25) is 0 Å². The summed E-state index contributed by atoms with van der Waals surface area (Å²) in [4.78, 5) is 3.85. The predicted octanol–water partition coefficient (Wildman–Crippen LogP) is 9.24. The number of nitrogens with zero attached hydrogens (tertiary/aromatic N) is 1. The van der Waals surface area contributed by atoms with Gasteiger partial charge in [-0.1, -0.05) is 98.8 Å². The van der Waals surface area contributed by atoms with Crippen LogP contribution in [0, 0.1) is 0 Å². The fourth-order valence-corrected chi connectivity index (χ4v) is 6.64. The number of fused-ring (bicyclic) bond motifs is 9. The molecule has 0 atom stereocenters. The standard InChI is InChI=1S/C35H26N2/c1-35(2)28-16-10-9-15-26(28)34-32(35)31-30(37(34)24-13-7-4-8-14-24)20-18-25-27-21-23(22-11-5-3-6-12-22)17-19-29(27)36-33(25)31/h3-21,36H,1-2H3. The minimum Gasteiger partial charge on any atom is -0.354 e. The minimum atomic E-state index is -0.106. The molecule has 0 saturated heterocycles. The minimum absolute atomic E-state index is 0.106. The van der Waals surface area contributed by atoms with Crippen LogP contribution >= 0.6 is 0 Å². The van der Waals surface area contributed by atoms with Crippen molar-refractivity contribution in [2.24, 2.45) is 0 Å². The van der Waals surface area contributed by atoms with Gasteiger partial charge >= 0.3 is 0 Å². The van der Waals surface area contributed by atoms with E-state index in [0.29, 0.717) is 0 Å². The van der Waals surface area contributed by atoms with Gasteiger partial charge in [-0.15, -0.1) is 0 Å². The van der Waals surface area contributed by atoms with Gasteiger partial charge in [0, 0.05) is 38.3 Å². The van der Waals surface area contributed by atoms with Crippen LogP contribution in [-0.2, 0) is 5.41 Å². The molecule has 176 valence electrons. The van der Waals surface area contributed by atoms with E-state index >= 15 is 0 Å². The highest BCUT2D eigenvalue weighted by atomic mass is 15.0. The van der Waals surface area contributed by atoms with Crippen LogP contribution in [0.3, 0.4) is 0 Å². The zero-order valence-corrected chi connectivity index (χ0v) is 20.9. The van der Waals surface area contributed by atoms with Gasteiger partial charge in [-0.05, 0) is 52.6 Å². The van der Waals surface area contributed by atoms with Crippen molar-refractivity contribution in [1.82, 2.24) is 9.55 Å². The molecule has 0 radical (unpaired) electrons. The van der Waals surface area contributed by atoms with E-state index in [0.717, 1.165) is 0 Å². The average Bonchev–Trinajstić information content (AvgIpc) is 3.56. The second-order valence-electron chi connectivity index (χ2n) is 10.7. The molecule has 7 aromatic rings. The van der Waals surface area contributed by atoms with E-state index in [4.69, 9.17) is 0 Å². The maximum absolute atomic E-state index is 3.85. The molecular weight excluding hydrogens is 448 g/mol. The lowest BCUT2D eigenvalue weighted by atomic mass is 9.81. The molecule has 5 aromatic carbocycles. The third kappa shape index (κ3) is 2.70. The van der Waals surface area contributed by atoms with Crippen LogP contribution in [0.25, 0.3) is 60.8 Å². The van der Waals surface area contributed by atoms with E-state index in [-0.39, 0.29) is 5.41 Å². The summed E-state index contributed by atoms with van der Waals surface area (Å²) in [6, 6.07) is 41.8. The molecule has 2 aromatic heterocycles. The van der Waals surface area contributed by atoms with E-state index in [2.05, 4.69) is 139 Å². The van der Waals surface area contributed by atoms with E-state index < -0.39 is 0 Å². The molecule has 0 amide bonds. The highest BCUT2D eigenvalue weighted by Gasteiger charge is 2.41. The van der Waals surface area contributed by atoms with Gasteiger partial charge in [0.05, 0.1) is 16.7 Å². The second kappa shape index (κ2) is 7.24. The number of hydrogen-bond acceptors (Lipinski definition) is 0. The first kappa shape index (κ1) is 20.6. The Morgan fingerprint density at radius 2 is 1.38 bits per heavy atom. The first-order chi connectivity index (χ1) is 18.1. The Morgan fingerprint density at radius 1 is 0.649 bits per heavy atom. The van der Waals surface area contributed by atoms with E-state index in [1.54, 1.807) is 0 Å². The summed E-state index contributed by atoms with van der Waals surface area (Å²) in [5.74, 6) is 0. The summed E-state index contributed by atoms with van der Waals surface area (Å²) in [6.07, 6.45) is 0. The molecule has 0 bridgehead atoms. The Kier molecular flexibility index (Phi) is 4.03. The quantitative estimate of drug-likeness (QED) is 0.258. The van der Waals surface area contributed by atoms with E-state index in [9.17, 15) is 0 Å². The molecule has 37 heavy (non-hydrogen) atoms. The zero-order chi connectivity index (χ0) is 24.7. The number of hydrogen-bond donors (Lipinski definition) is 1. The van der Waals surface area contributed by atoms with Crippen LogP contribution in [-0.4, -0.2) is 9.55 Å². The highest BCUT2D eigenvalue weighted by molar-refractivity contribution is 6.20. The lowest BCUT2D eigenvalue weighted by Crippen LogP contribution is -2.14. The van der Waals surface area contributed by atoms with Gasteiger partial charge in [-0.25, -0.2) is 0 Å². The Bertz CT molecular complexity index is 1990. The Labute approximate surface area is 215 Å². The average molecular weight is 475 g/mol. The second-order valence-corrected chi connectivity index (χ2v) is 10.7. The number of para-hydroxylation sites is 1. The number of rotatable bonds is 2. The van der Waals surface area contributed by atoms with Gasteiger partial charge in [-0.2, -0.15) is 0 Å². The lowest BCUT2D eigenvalue weighted by Gasteiger charge is -2.21. The SMILES string of the molecule is CC1(C)c2ccccc2-c2c1c1c3[nH]c4ccc(-c5ccccc5)cc4c3ccc1n2-c1ccccc1. The largest absolute Gasteiger partial charge is 0.354 e. The normalized spacial score (nSPS) is 13.9. The van der Waals surface area contributed by atoms with Crippen molar-refractivity contribution in [3.05, 3.63) is 126 Å². The number of aromatic amines is 1. The van der Waals surface area contributed by atoms with Gasteiger partial charge in [-0.3, -0.25) is 0 Å². The van der Waals surface area contributed by atoms with Crippen molar-refractivity contribution in [1.29, 1.82) is 0 Å². The predicted molar refractivity (Wildman–Crippen MR) is 156 cm³/mol. The molecule has 2 heterocycles. The molecule has 8 rings (SSSR count). The molecule has 1 aliphatic carbocycles. The molecular formula is C35H26N2. The fourth-order valence-electron chi connectivity index (χ4n) is 6.64. The molecule has 0 fully saturated rings. The monoisotopic (exact) mass is 474 g/mol. The molecule has 1 N–H and O–H groups in total. The summed E-state index contributed by atoms with van der Waals surface area (Å²) >= 11 is 0. The first-order valence-corrected chi connectivity index (χ1v) is 13.0. The van der Waals surface area contributed by atoms with Gasteiger partial charge in [0.1, 0.15) is 0 Å². The van der Waals surface area contributed by atoms with Gasteiger partial charge in [0.2, 0.25) is 0 Å². The topological polar surface area (TPSA) is 20.7 Å². The molecule has 2 heteroatoms. The fraction of sp³-hybridized carbons (Fsp3) is 0.0857. The van der Waals surface area contributed by atoms with Crippen molar-refractivity contribution in [2.75, 3.05) is 0 Å². The summed E-state index contributed by atoms with van der Waals surface area (Å²) in [5.41, 5.74) is 12.7. The third-order valence-electron chi connectivity index (χ3n) is 8.31. The van der Waals surface area contributed by atoms with Gasteiger partial charge in [0.15, 0.2) is 0 Å². The molecule has 0 saturated carbocycles. The van der Waals surface area contributed by atoms with E-state index in [1.165, 1.54) is 71.9 Å². The Balaban J connectivity index is 1.52. The summed E-state index contributed by atoms with van der Waals surface area (Å²) in [7, 11) is 0.